The first-order valence-corrected chi connectivity index (χ1v) is 6.51. The van der Waals surface area contributed by atoms with Gasteiger partial charge in [-0.1, -0.05) is 37.3 Å². The Morgan fingerprint density at radius 1 is 1.05 bits per heavy atom. The van der Waals surface area contributed by atoms with E-state index in [0.717, 1.165) is 12.0 Å². The number of hydrogen-bond acceptors (Lipinski definition) is 2. The van der Waals surface area contributed by atoms with Gasteiger partial charge in [-0.15, -0.1) is 0 Å². The second kappa shape index (κ2) is 5.69. The molecule has 2 rings (SSSR count). The lowest BCUT2D eigenvalue weighted by Gasteiger charge is -2.16. The second-order valence-electron chi connectivity index (χ2n) is 4.60. The molecule has 4 heteroatoms. The number of nitrogens with zero attached hydrogens (tertiary/aromatic N) is 2. The summed E-state index contributed by atoms with van der Waals surface area (Å²) < 4.78 is 2.96. The standard InChI is InChI=1S/C15H18N2O2/c1-3-9-16-10-11-17(15(19)14(16)18)12(2)13-7-5-4-6-8-13/h4-8,10-12H,3,9H2,1-2H3. The minimum Gasteiger partial charge on any atom is -0.309 e. The van der Waals surface area contributed by atoms with Crippen LogP contribution in [-0.2, 0) is 6.54 Å². The first-order chi connectivity index (χ1) is 9.15. The Labute approximate surface area is 111 Å². The SMILES string of the molecule is CCCn1ccn(C(C)c2ccccc2)c(=O)c1=O. The molecule has 0 spiro atoms. The maximum absolute atomic E-state index is 12.1. The molecule has 1 aromatic carbocycles. The van der Waals surface area contributed by atoms with Gasteiger partial charge in [-0.3, -0.25) is 9.59 Å². The maximum atomic E-state index is 12.1. The fraction of sp³-hybridized carbons (Fsp3) is 0.333. The second-order valence-corrected chi connectivity index (χ2v) is 4.60. The minimum absolute atomic E-state index is 0.141. The Bertz CT molecular complexity index is 656. The molecule has 2 aromatic rings. The Morgan fingerprint density at radius 3 is 2.37 bits per heavy atom. The van der Waals surface area contributed by atoms with E-state index in [0.29, 0.717) is 6.54 Å². The van der Waals surface area contributed by atoms with Crippen molar-refractivity contribution in [1.82, 2.24) is 9.13 Å². The van der Waals surface area contributed by atoms with E-state index in [1.54, 1.807) is 12.4 Å². The van der Waals surface area contributed by atoms with Gasteiger partial charge in [-0.25, -0.2) is 0 Å². The van der Waals surface area contributed by atoms with Gasteiger partial charge in [-0.2, -0.15) is 0 Å². The van der Waals surface area contributed by atoms with Crippen molar-refractivity contribution in [2.24, 2.45) is 0 Å². The molecule has 1 heterocycles. The Balaban J connectivity index is 2.45. The molecule has 1 atom stereocenters. The molecular formula is C15H18N2O2. The van der Waals surface area contributed by atoms with Crippen LogP contribution in [0.3, 0.4) is 0 Å². The summed E-state index contributed by atoms with van der Waals surface area (Å²) in [6, 6.07) is 9.55. The van der Waals surface area contributed by atoms with Crippen LogP contribution in [0.1, 0.15) is 31.9 Å². The Morgan fingerprint density at radius 2 is 1.74 bits per heavy atom. The van der Waals surface area contributed by atoms with Gasteiger partial charge < -0.3 is 9.13 Å². The average Bonchev–Trinajstić information content (AvgIpc) is 2.45. The maximum Gasteiger partial charge on any atom is 0.317 e. The van der Waals surface area contributed by atoms with Gasteiger partial charge in [-0.05, 0) is 18.9 Å². The zero-order valence-corrected chi connectivity index (χ0v) is 11.2. The number of rotatable bonds is 4. The fourth-order valence-corrected chi connectivity index (χ4v) is 2.14. The monoisotopic (exact) mass is 258 g/mol. The van der Waals surface area contributed by atoms with Gasteiger partial charge in [0.05, 0.1) is 6.04 Å². The molecule has 0 fully saturated rings. The first-order valence-electron chi connectivity index (χ1n) is 6.51. The number of aromatic nitrogens is 2. The van der Waals surface area contributed by atoms with Crippen LogP contribution in [0.25, 0.3) is 0 Å². The highest BCUT2D eigenvalue weighted by atomic mass is 16.2. The lowest BCUT2D eigenvalue weighted by molar-refractivity contribution is 0.564. The van der Waals surface area contributed by atoms with Crippen LogP contribution < -0.4 is 11.1 Å². The van der Waals surface area contributed by atoms with Crippen LogP contribution in [0.2, 0.25) is 0 Å². The van der Waals surface area contributed by atoms with E-state index in [4.69, 9.17) is 0 Å². The third-order valence-electron chi connectivity index (χ3n) is 3.25. The first kappa shape index (κ1) is 13.3. The van der Waals surface area contributed by atoms with Crippen molar-refractivity contribution in [3.8, 4) is 0 Å². The van der Waals surface area contributed by atoms with E-state index < -0.39 is 11.1 Å². The highest BCUT2D eigenvalue weighted by Crippen LogP contribution is 2.14. The van der Waals surface area contributed by atoms with Crippen molar-refractivity contribution in [3.63, 3.8) is 0 Å². The smallest absolute Gasteiger partial charge is 0.309 e. The summed E-state index contributed by atoms with van der Waals surface area (Å²) >= 11 is 0. The number of hydrogen-bond donors (Lipinski definition) is 0. The number of aryl methyl sites for hydroxylation is 1. The Hall–Kier alpha value is -2.10. The van der Waals surface area contributed by atoms with Crippen LogP contribution in [0.15, 0.2) is 52.3 Å². The van der Waals surface area contributed by atoms with Crippen LogP contribution in [0.4, 0.5) is 0 Å². The van der Waals surface area contributed by atoms with E-state index in [1.165, 1.54) is 9.13 Å². The zero-order valence-electron chi connectivity index (χ0n) is 11.2. The average molecular weight is 258 g/mol. The van der Waals surface area contributed by atoms with Gasteiger partial charge in [0.25, 0.3) is 0 Å². The van der Waals surface area contributed by atoms with Crippen molar-refractivity contribution >= 4 is 0 Å². The topological polar surface area (TPSA) is 44.0 Å². The zero-order chi connectivity index (χ0) is 13.8. The van der Waals surface area contributed by atoms with Crippen molar-refractivity contribution < 1.29 is 0 Å². The summed E-state index contributed by atoms with van der Waals surface area (Å²) in [6.45, 7) is 4.47. The largest absolute Gasteiger partial charge is 0.317 e. The van der Waals surface area contributed by atoms with E-state index in [2.05, 4.69) is 0 Å². The lowest BCUT2D eigenvalue weighted by Crippen LogP contribution is -2.41. The predicted molar refractivity (Wildman–Crippen MR) is 75.5 cm³/mol. The molecule has 19 heavy (non-hydrogen) atoms. The van der Waals surface area contributed by atoms with Gasteiger partial charge >= 0.3 is 11.1 Å². The molecule has 0 aliphatic heterocycles. The molecule has 100 valence electrons. The fourth-order valence-electron chi connectivity index (χ4n) is 2.14. The molecule has 0 saturated carbocycles. The summed E-state index contributed by atoms with van der Waals surface area (Å²) in [6.07, 6.45) is 4.21. The molecule has 0 bridgehead atoms. The molecule has 0 saturated heterocycles. The highest BCUT2D eigenvalue weighted by molar-refractivity contribution is 5.19. The lowest BCUT2D eigenvalue weighted by atomic mass is 10.1. The van der Waals surface area contributed by atoms with Gasteiger partial charge in [0, 0.05) is 18.9 Å². The summed E-state index contributed by atoms with van der Waals surface area (Å²) in [4.78, 5) is 24.1. The van der Waals surface area contributed by atoms with E-state index in [9.17, 15) is 9.59 Å². The molecule has 1 aromatic heterocycles. The minimum atomic E-state index is -0.465. The van der Waals surface area contributed by atoms with E-state index in [1.807, 2.05) is 44.2 Å². The highest BCUT2D eigenvalue weighted by Gasteiger charge is 2.11. The molecule has 0 aliphatic rings. The molecular weight excluding hydrogens is 240 g/mol. The van der Waals surface area contributed by atoms with Gasteiger partial charge in [0.15, 0.2) is 0 Å². The predicted octanol–water partition coefficient (Wildman–Crippen LogP) is 2.03. The normalized spacial score (nSPS) is 12.3. The Kier molecular flexibility index (Phi) is 4.00. The quantitative estimate of drug-likeness (QED) is 0.788. The van der Waals surface area contributed by atoms with Crippen molar-refractivity contribution in [3.05, 3.63) is 69.0 Å². The van der Waals surface area contributed by atoms with E-state index >= 15 is 0 Å². The number of benzene rings is 1. The summed E-state index contributed by atoms with van der Waals surface area (Å²) in [5, 5.41) is 0. The van der Waals surface area contributed by atoms with Gasteiger partial charge in [0.2, 0.25) is 0 Å². The molecule has 0 aliphatic carbocycles. The third-order valence-corrected chi connectivity index (χ3v) is 3.25. The van der Waals surface area contributed by atoms with Crippen LogP contribution in [0.5, 0.6) is 0 Å². The van der Waals surface area contributed by atoms with Crippen molar-refractivity contribution in [2.75, 3.05) is 0 Å². The van der Waals surface area contributed by atoms with Crippen LogP contribution in [-0.4, -0.2) is 9.13 Å². The summed E-state index contributed by atoms with van der Waals surface area (Å²) in [5.74, 6) is 0. The van der Waals surface area contributed by atoms with Gasteiger partial charge in [0.1, 0.15) is 0 Å². The molecule has 0 N–H and O–H groups in total. The third kappa shape index (κ3) is 2.67. The van der Waals surface area contributed by atoms with Crippen molar-refractivity contribution in [2.45, 2.75) is 32.9 Å². The van der Waals surface area contributed by atoms with Crippen molar-refractivity contribution in [1.29, 1.82) is 0 Å². The summed E-state index contributed by atoms with van der Waals surface area (Å²) in [5.41, 5.74) is 0.0941. The van der Waals surface area contributed by atoms with Crippen LogP contribution in [0, 0.1) is 0 Å². The molecule has 1 unspecified atom stereocenters. The molecule has 0 radical (unpaired) electrons. The van der Waals surface area contributed by atoms with E-state index in [-0.39, 0.29) is 6.04 Å². The summed E-state index contributed by atoms with van der Waals surface area (Å²) in [7, 11) is 0. The van der Waals surface area contributed by atoms with Crippen LogP contribution >= 0.6 is 0 Å². The molecule has 4 nitrogen and oxygen atoms in total. The molecule has 0 amide bonds.